The molecule has 0 bridgehead atoms. The minimum absolute atomic E-state index is 0.0459. The number of primary amides is 1. The van der Waals surface area contributed by atoms with Crippen molar-refractivity contribution in [3.63, 3.8) is 0 Å². The van der Waals surface area contributed by atoms with Crippen LogP contribution in [-0.4, -0.2) is 57.1 Å². The van der Waals surface area contributed by atoms with Crippen LogP contribution in [0.25, 0.3) is 22.3 Å². The number of hydrogen-bond acceptors (Lipinski definition) is 7. The Balaban J connectivity index is 1.47. The van der Waals surface area contributed by atoms with Crippen molar-refractivity contribution in [3.05, 3.63) is 65.7 Å². The van der Waals surface area contributed by atoms with E-state index in [0.29, 0.717) is 17.2 Å². The average Bonchev–Trinajstić information content (AvgIpc) is 3.21. The Morgan fingerprint density at radius 2 is 1.94 bits per heavy atom. The lowest BCUT2D eigenvalue weighted by Crippen LogP contribution is -2.35. The van der Waals surface area contributed by atoms with Crippen molar-refractivity contribution in [2.45, 2.75) is 13.0 Å². The van der Waals surface area contributed by atoms with Gasteiger partial charge in [-0.2, -0.15) is 0 Å². The predicted molar refractivity (Wildman–Crippen MR) is 131 cm³/mol. The number of nitrogens with one attached hydrogen (secondary N) is 1. The van der Waals surface area contributed by atoms with Gasteiger partial charge in [0.15, 0.2) is 11.5 Å². The van der Waals surface area contributed by atoms with Gasteiger partial charge in [-0.25, -0.2) is 15.0 Å². The van der Waals surface area contributed by atoms with Crippen LogP contribution in [0.15, 0.2) is 48.8 Å². The summed E-state index contributed by atoms with van der Waals surface area (Å²) in [7, 11) is 4.03. The number of nitrogens with two attached hydrogens (primary N) is 1. The molecule has 5 rings (SSSR count). The van der Waals surface area contributed by atoms with Crippen molar-refractivity contribution in [2.24, 2.45) is 12.8 Å². The molecule has 0 radical (unpaired) electrons. The second-order valence-corrected chi connectivity index (χ2v) is 8.62. The highest BCUT2D eigenvalue weighted by Crippen LogP contribution is 2.30. The van der Waals surface area contributed by atoms with Crippen LogP contribution in [0.4, 0.5) is 11.5 Å². The first-order valence-corrected chi connectivity index (χ1v) is 11.2. The van der Waals surface area contributed by atoms with Crippen LogP contribution < -0.4 is 11.1 Å². The molecule has 9 heteroatoms. The van der Waals surface area contributed by atoms with Gasteiger partial charge in [0.1, 0.15) is 0 Å². The second-order valence-electron chi connectivity index (χ2n) is 8.62. The molecule has 34 heavy (non-hydrogen) atoms. The summed E-state index contributed by atoms with van der Waals surface area (Å²) in [5.74, 6) is -0.331. The SMILES string of the molecule is Cc1nc(Nc2ccc([C@H]3CN(C)CCO3)cc2)c(C(N)=O)nc1-c1cccc2c1ncn2C. The van der Waals surface area contributed by atoms with Crippen LogP contribution in [0.5, 0.6) is 0 Å². The molecule has 1 aliphatic rings. The van der Waals surface area contributed by atoms with Gasteiger partial charge in [0.05, 0.1) is 41.5 Å². The minimum Gasteiger partial charge on any atom is -0.371 e. The molecular formula is C25H27N7O2. The topological polar surface area (TPSA) is 111 Å². The van der Waals surface area contributed by atoms with E-state index in [2.05, 4.69) is 32.2 Å². The van der Waals surface area contributed by atoms with Gasteiger partial charge in [-0.3, -0.25) is 4.79 Å². The summed E-state index contributed by atoms with van der Waals surface area (Å²) in [5, 5.41) is 3.21. The molecule has 1 atom stereocenters. The van der Waals surface area contributed by atoms with Crippen LogP contribution in [0.1, 0.15) is 27.8 Å². The van der Waals surface area contributed by atoms with Crippen LogP contribution >= 0.6 is 0 Å². The van der Waals surface area contributed by atoms with Crippen molar-refractivity contribution in [3.8, 4) is 11.3 Å². The van der Waals surface area contributed by atoms with Crippen LogP contribution in [-0.2, 0) is 11.8 Å². The maximum atomic E-state index is 12.3. The maximum Gasteiger partial charge on any atom is 0.271 e. The molecule has 0 saturated carbocycles. The van der Waals surface area contributed by atoms with Gasteiger partial charge in [-0.15, -0.1) is 0 Å². The molecule has 1 saturated heterocycles. The summed E-state index contributed by atoms with van der Waals surface area (Å²) >= 11 is 0. The molecule has 4 aromatic rings. The number of fused-ring (bicyclic) bond motifs is 1. The lowest BCUT2D eigenvalue weighted by molar-refractivity contribution is -0.0208. The first kappa shape index (κ1) is 22.0. The Kier molecular flexibility index (Phi) is 5.72. The summed E-state index contributed by atoms with van der Waals surface area (Å²) in [4.78, 5) is 28.3. The van der Waals surface area contributed by atoms with E-state index >= 15 is 0 Å². The van der Waals surface area contributed by atoms with E-state index in [0.717, 1.165) is 47.5 Å². The molecule has 0 spiro atoms. The first-order chi connectivity index (χ1) is 16.4. The summed E-state index contributed by atoms with van der Waals surface area (Å²) in [6.07, 6.45) is 1.80. The third-order valence-electron chi connectivity index (χ3n) is 6.13. The molecule has 1 fully saturated rings. The highest BCUT2D eigenvalue weighted by molar-refractivity contribution is 5.98. The van der Waals surface area contributed by atoms with E-state index in [1.807, 2.05) is 61.0 Å². The maximum absolute atomic E-state index is 12.3. The van der Waals surface area contributed by atoms with Crippen LogP contribution in [0.3, 0.4) is 0 Å². The molecular weight excluding hydrogens is 430 g/mol. The quantitative estimate of drug-likeness (QED) is 0.473. The van der Waals surface area contributed by atoms with Gasteiger partial charge in [0, 0.05) is 31.4 Å². The second kappa shape index (κ2) is 8.85. The third kappa shape index (κ3) is 4.11. The summed E-state index contributed by atoms with van der Waals surface area (Å²) in [6, 6.07) is 13.8. The molecule has 1 aliphatic heterocycles. The van der Waals surface area contributed by atoms with Crippen LogP contribution in [0, 0.1) is 6.92 Å². The molecule has 0 aliphatic carbocycles. The zero-order chi connectivity index (χ0) is 23.8. The number of anilines is 2. The number of para-hydroxylation sites is 1. The van der Waals surface area contributed by atoms with E-state index in [1.165, 1.54) is 0 Å². The lowest BCUT2D eigenvalue weighted by atomic mass is 10.1. The standard InChI is InChI=1S/C25H27N7O2/c1-15-21(18-5-4-6-19-22(18)27-14-32(19)3)30-23(24(26)33)25(28-15)29-17-9-7-16(8-10-17)20-13-31(2)11-12-34-20/h4-10,14,20H,11-13H2,1-3H3,(H2,26,33)(H,28,29)/t20-/m1/s1. The number of rotatable bonds is 5. The Morgan fingerprint density at radius 1 is 1.15 bits per heavy atom. The Bertz CT molecular complexity index is 1360. The van der Waals surface area contributed by atoms with Gasteiger partial charge in [-0.1, -0.05) is 24.3 Å². The number of aromatic nitrogens is 4. The normalized spacial score (nSPS) is 16.6. The van der Waals surface area contributed by atoms with E-state index in [1.54, 1.807) is 6.33 Å². The van der Waals surface area contributed by atoms with E-state index in [4.69, 9.17) is 10.5 Å². The molecule has 2 aromatic heterocycles. The van der Waals surface area contributed by atoms with Gasteiger partial charge in [0.25, 0.3) is 5.91 Å². The van der Waals surface area contributed by atoms with Crippen LogP contribution in [0.2, 0.25) is 0 Å². The summed E-state index contributed by atoms with van der Waals surface area (Å²) < 4.78 is 7.83. The number of ether oxygens (including phenoxy) is 1. The fourth-order valence-corrected chi connectivity index (χ4v) is 4.28. The summed E-state index contributed by atoms with van der Waals surface area (Å²) in [5.41, 5.74) is 11.5. The number of hydrogen-bond donors (Lipinski definition) is 2. The van der Waals surface area contributed by atoms with Crippen molar-refractivity contribution >= 4 is 28.4 Å². The predicted octanol–water partition coefficient (Wildman–Crippen LogP) is 3.18. The largest absolute Gasteiger partial charge is 0.371 e. The number of benzene rings is 2. The van der Waals surface area contributed by atoms with Crippen molar-refractivity contribution in [1.82, 2.24) is 24.4 Å². The number of morpholine rings is 1. The molecule has 1 amide bonds. The highest BCUT2D eigenvalue weighted by atomic mass is 16.5. The third-order valence-corrected chi connectivity index (χ3v) is 6.13. The monoisotopic (exact) mass is 457 g/mol. The number of amides is 1. The Hall–Kier alpha value is -3.82. The van der Waals surface area contributed by atoms with Gasteiger partial charge in [-0.05, 0) is 37.7 Å². The number of aryl methyl sites for hydroxylation is 2. The first-order valence-electron chi connectivity index (χ1n) is 11.2. The zero-order valence-corrected chi connectivity index (χ0v) is 19.4. The molecule has 3 N–H and O–H groups in total. The molecule has 2 aromatic carbocycles. The average molecular weight is 458 g/mol. The Labute approximate surface area is 197 Å². The van der Waals surface area contributed by atoms with E-state index in [9.17, 15) is 4.79 Å². The fraction of sp³-hybridized carbons (Fsp3) is 0.280. The smallest absolute Gasteiger partial charge is 0.271 e. The van der Waals surface area contributed by atoms with E-state index < -0.39 is 5.91 Å². The Morgan fingerprint density at radius 3 is 2.68 bits per heavy atom. The number of carbonyl (C=O) groups is 1. The lowest BCUT2D eigenvalue weighted by Gasteiger charge is -2.30. The number of nitrogens with zero attached hydrogens (tertiary/aromatic N) is 5. The zero-order valence-electron chi connectivity index (χ0n) is 19.4. The van der Waals surface area contributed by atoms with Crippen molar-refractivity contribution < 1.29 is 9.53 Å². The van der Waals surface area contributed by atoms with Crippen molar-refractivity contribution in [2.75, 3.05) is 32.1 Å². The number of imidazole rings is 1. The summed E-state index contributed by atoms with van der Waals surface area (Å²) in [6.45, 7) is 4.37. The van der Waals surface area contributed by atoms with E-state index in [-0.39, 0.29) is 11.8 Å². The number of carbonyl (C=O) groups excluding carboxylic acids is 1. The molecule has 174 valence electrons. The molecule has 0 unspecified atom stereocenters. The molecule has 9 nitrogen and oxygen atoms in total. The van der Waals surface area contributed by atoms with Crippen molar-refractivity contribution in [1.29, 1.82) is 0 Å². The fourth-order valence-electron chi connectivity index (χ4n) is 4.28. The minimum atomic E-state index is -0.653. The van der Waals surface area contributed by atoms with Gasteiger partial charge in [0.2, 0.25) is 0 Å². The molecule has 3 heterocycles. The number of likely N-dealkylation sites (N-methyl/N-ethyl adjacent to an activating group) is 1. The highest BCUT2D eigenvalue weighted by Gasteiger charge is 2.21. The van der Waals surface area contributed by atoms with Gasteiger partial charge >= 0.3 is 0 Å². The van der Waals surface area contributed by atoms with Gasteiger partial charge < -0.3 is 25.3 Å².